The Labute approximate surface area is 154 Å². The fraction of sp³-hybridized carbons (Fsp3) is 0.474. The molecule has 0 amide bonds. The molecule has 1 atom stereocenters. The van der Waals surface area contributed by atoms with Crippen molar-refractivity contribution >= 4 is 10.0 Å². The number of hydrogen-bond donors (Lipinski definition) is 1. The Kier molecular flexibility index (Phi) is 4.77. The van der Waals surface area contributed by atoms with Crippen LogP contribution in [0.2, 0.25) is 0 Å². The van der Waals surface area contributed by atoms with E-state index in [1.54, 1.807) is 36.4 Å². The summed E-state index contributed by atoms with van der Waals surface area (Å²) in [6, 6.07) is 9.25. The summed E-state index contributed by atoms with van der Waals surface area (Å²) in [4.78, 5) is 0.177. The van der Waals surface area contributed by atoms with Crippen molar-refractivity contribution in [2.75, 3.05) is 0 Å². The highest BCUT2D eigenvalue weighted by molar-refractivity contribution is 7.89. The molecule has 1 fully saturated rings. The maximum atomic E-state index is 12.9. The molecule has 0 bridgehead atoms. The molecule has 0 unspecified atom stereocenters. The van der Waals surface area contributed by atoms with Crippen molar-refractivity contribution in [3.05, 3.63) is 54.0 Å². The molecular formula is C19H25NO5S. The number of hydrogen-bond acceptors (Lipinski definition) is 5. The van der Waals surface area contributed by atoms with Gasteiger partial charge in [-0.15, -0.1) is 0 Å². The van der Waals surface area contributed by atoms with Gasteiger partial charge in [0.1, 0.15) is 11.8 Å². The number of sulfonamides is 1. The Morgan fingerprint density at radius 1 is 1.00 bits per heavy atom. The number of ether oxygens (including phenoxy) is 2. The summed E-state index contributed by atoms with van der Waals surface area (Å²) in [6.07, 6.45) is 0.680. The summed E-state index contributed by atoms with van der Waals surface area (Å²) in [5.41, 5.74) is -0.187. The van der Waals surface area contributed by atoms with Gasteiger partial charge in [0, 0.05) is 0 Å². The van der Waals surface area contributed by atoms with Crippen LogP contribution in [-0.4, -0.2) is 25.9 Å². The first kappa shape index (κ1) is 19.1. The summed E-state index contributed by atoms with van der Waals surface area (Å²) in [5, 5.41) is 0. The zero-order chi connectivity index (χ0) is 19.2. The van der Waals surface area contributed by atoms with E-state index in [2.05, 4.69) is 4.72 Å². The fourth-order valence-corrected chi connectivity index (χ4v) is 3.89. The van der Waals surface area contributed by atoms with Crippen LogP contribution in [0.5, 0.6) is 0 Å². The predicted octanol–water partition coefficient (Wildman–Crippen LogP) is 3.54. The normalized spacial score (nSPS) is 21.0. The minimum Gasteiger partial charge on any atom is -0.467 e. The Morgan fingerprint density at radius 2 is 1.58 bits per heavy atom. The first-order chi connectivity index (χ1) is 12.0. The number of rotatable bonds is 5. The molecular weight excluding hydrogens is 354 g/mol. The molecule has 26 heavy (non-hydrogen) atoms. The molecule has 7 heteroatoms. The van der Waals surface area contributed by atoms with Crippen LogP contribution in [0.3, 0.4) is 0 Å². The predicted molar refractivity (Wildman–Crippen MR) is 97.1 cm³/mol. The van der Waals surface area contributed by atoms with E-state index in [-0.39, 0.29) is 4.90 Å². The lowest BCUT2D eigenvalue weighted by atomic mass is 9.90. The minimum atomic E-state index is -3.78. The third kappa shape index (κ3) is 3.57. The summed E-state index contributed by atoms with van der Waals surface area (Å²) < 4.78 is 45.9. The highest BCUT2D eigenvalue weighted by atomic mass is 32.2. The molecule has 0 aliphatic carbocycles. The van der Waals surface area contributed by atoms with E-state index >= 15 is 0 Å². The van der Waals surface area contributed by atoms with Crippen molar-refractivity contribution in [1.82, 2.24) is 4.72 Å². The monoisotopic (exact) mass is 379 g/mol. The van der Waals surface area contributed by atoms with E-state index in [0.717, 1.165) is 5.56 Å². The molecule has 1 saturated heterocycles. The molecule has 6 nitrogen and oxygen atoms in total. The quantitative estimate of drug-likeness (QED) is 0.860. The fourth-order valence-electron chi connectivity index (χ4n) is 2.69. The number of nitrogens with one attached hydrogen (secondary N) is 1. The second kappa shape index (κ2) is 6.49. The van der Waals surface area contributed by atoms with E-state index in [1.165, 1.54) is 6.26 Å². The second-order valence-corrected chi connectivity index (χ2v) is 9.27. The average molecular weight is 379 g/mol. The van der Waals surface area contributed by atoms with Gasteiger partial charge >= 0.3 is 0 Å². The van der Waals surface area contributed by atoms with Crippen LogP contribution in [0.15, 0.2) is 52.0 Å². The average Bonchev–Trinajstić information content (AvgIpc) is 3.12. The van der Waals surface area contributed by atoms with E-state index in [4.69, 9.17) is 13.9 Å². The van der Waals surface area contributed by atoms with E-state index < -0.39 is 33.6 Å². The van der Waals surface area contributed by atoms with Gasteiger partial charge in [-0.3, -0.25) is 0 Å². The van der Waals surface area contributed by atoms with Crippen LogP contribution < -0.4 is 4.72 Å². The first-order valence-electron chi connectivity index (χ1n) is 8.50. The molecule has 1 aliphatic heterocycles. The summed E-state index contributed by atoms with van der Waals surface area (Å²) in [5.74, 6) is 0.430. The molecule has 2 heterocycles. The SMILES string of the molecule is Cc1ccc(S(=O)(=O)N[C@H](c2ccco2)C2OC(C)(C)C(C)(C)O2)cc1. The zero-order valence-electron chi connectivity index (χ0n) is 15.6. The topological polar surface area (TPSA) is 77.8 Å². The van der Waals surface area contributed by atoms with E-state index in [0.29, 0.717) is 5.76 Å². The van der Waals surface area contributed by atoms with Crippen molar-refractivity contribution in [3.63, 3.8) is 0 Å². The lowest BCUT2D eigenvalue weighted by molar-refractivity contribution is -0.108. The van der Waals surface area contributed by atoms with Crippen LogP contribution in [0.25, 0.3) is 0 Å². The highest BCUT2D eigenvalue weighted by Crippen LogP contribution is 2.42. The standard InChI is InChI=1S/C19H25NO5S/c1-13-8-10-14(11-9-13)26(21,22)20-16(15-7-6-12-23-15)17-24-18(2,3)19(4,5)25-17/h6-12,16-17,20H,1-5H3/t16-/m1/s1. The molecule has 3 rings (SSSR count). The van der Waals surface area contributed by atoms with Crippen molar-refractivity contribution in [1.29, 1.82) is 0 Å². The molecule has 1 aromatic heterocycles. The van der Waals surface area contributed by atoms with Crippen LogP contribution in [0.1, 0.15) is 45.1 Å². The summed E-state index contributed by atoms with van der Waals surface area (Å²) in [7, 11) is -3.78. The lowest BCUT2D eigenvalue weighted by Crippen LogP contribution is -2.41. The van der Waals surface area contributed by atoms with Gasteiger partial charge in [0.25, 0.3) is 0 Å². The van der Waals surface area contributed by atoms with Gasteiger partial charge in [-0.05, 0) is 58.9 Å². The minimum absolute atomic E-state index is 0.177. The van der Waals surface area contributed by atoms with Gasteiger partial charge in [0.05, 0.1) is 22.4 Å². The summed E-state index contributed by atoms with van der Waals surface area (Å²) in [6.45, 7) is 9.57. The number of aryl methyl sites for hydroxylation is 1. The van der Waals surface area contributed by atoms with Gasteiger partial charge in [0.2, 0.25) is 10.0 Å². The van der Waals surface area contributed by atoms with Gasteiger partial charge in [0.15, 0.2) is 6.29 Å². The Hall–Kier alpha value is -1.67. The van der Waals surface area contributed by atoms with E-state index in [1.807, 2.05) is 34.6 Å². The van der Waals surface area contributed by atoms with Crippen LogP contribution in [0, 0.1) is 6.92 Å². The number of benzene rings is 1. The maximum Gasteiger partial charge on any atom is 0.241 e. The molecule has 0 spiro atoms. The first-order valence-corrected chi connectivity index (χ1v) is 9.98. The number of furan rings is 1. The summed E-state index contributed by atoms with van der Waals surface area (Å²) >= 11 is 0. The molecule has 142 valence electrons. The Morgan fingerprint density at radius 3 is 2.08 bits per heavy atom. The molecule has 2 aromatic rings. The van der Waals surface area contributed by atoms with E-state index in [9.17, 15) is 8.42 Å². The molecule has 0 radical (unpaired) electrons. The Bertz CT molecular complexity index is 838. The largest absolute Gasteiger partial charge is 0.467 e. The lowest BCUT2D eigenvalue weighted by Gasteiger charge is -2.30. The van der Waals surface area contributed by atoms with Gasteiger partial charge in [-0.1, -0.05) is 17.7 Å². The second-order valence-electron chi connectivity index (χ2n) is 7.55. The molecule has 1 aromatic carbocycles. The highest BCUT2D eigenvalue weighted by Gasteiger charge is 2.52. The van der Waals surface area contributed by atoms with Crippen molar-refractivity contribution < 1.29 is 22.3 Å². The van der Waals surface area contributed by atoms with Crippen molar-refractivity contribution in [2.45, 2.75) is 63.0 Å². The van der Waals surface area contributed by atoms with Crippen LogP contribution in [0.4, 0.5) is 0 Å². The van der Waals surface area contributed by atoms with Gasteiger partial charge in [-0.2, -0.15) is 4.72 Å². The van der Waals surface area contributed by atoms with Crippen molar-refractivity contribution in [3.8, 4) is 0 Å². The Balaban J connectivity index is 1.93. The molecule has 0 saturated carbocycles. The van der Waals surface area contributed by atoms with Crippen LogP contribution >= 0.6 is 0 Å². The zero-order valence-corrected chi connectivity index (χ0v) is 16.5. The molecule has 1 N–H and O–H groups in total. The third-order valence-electron chi connectivity index (χ3n) is 5.01. The van der Waals surface area contributed by atoms with Gasteiger partial charge in [-0.25, -0.2) is 8.42 Å². The molecule has 1 aliphatic rings. The van der Waals surface area contributed by atoms with Gasteiger partial charge < -0.3 is 13.9 Å². The third-order valence-corrected chi connectivity index (χ3v) is 6.46. The smallest absolute Gasteiger partial charge is 0.241 e. The van der Waals surface area contributed by atoms with Crippen LogP contribution in [-0.2, 0) is 19.5 Å². The van der Waals surface area contributed by atoms with Crippen molar-refractivity contribution in [2.24, 2.45) is 0 Å². The maximum absolute atomic E-state index is 12.9.